The molecule has 0 aliphatic heterocycles. The molecule has 0 saturated heterocycles. The van der Waals surface area contributed by atoms with Gasteiger partial charge in [-0.3, -0.25) is 0 Å². The molecule has 2 rings (SSSR count). The van der Waals surface area contributed by atoms with Crippen LogP contribution in [0.25, 0.3) is 0 Å². The lowest BCUT2D eigenvalue weighted by Crippen LogP contribution is -2.23. The van der Waals surface area contributed by atoms with E-state index in [2.05, 4.69) is 10.2 Å². The number of hydrogen-bond donors (Lipinski definition) is 1. The summed E-state index contributed by atoms with van der Waals surface area (Å²) in [5.74, 6) is 0.668. The average molecular weight is 248 g/mol. The van der Waals surface area contributed by atoms with Gasteiger partial charge >= 0.3 is 0 Å². The van der Waals surface area contributed by atoms with E-state index in [1.807, 2.05) is 18.0 Å². The lowest BCUT2D eigenvalue weighted by molar-refractivity contribution is 0.563. The van der Waals surface area contributed by atoms with Gasteiger partial charge in [-0.25, -0.2) is 0 Å². The van der Waals surface area contributed by atoms with Crippen molar-refractivity contribution in [3.63, 3.8) is 0 Å². The van der Waals surface area contributed by atoms with Crippen LogP contribution in [0, 0.1) is 0 Å². The Hall–Kier alpha value is -1.95. The monoisotopic (exact) mass is 248 g/mol. The number of nitrogens with zero attached hydrogens (tertiary/aromatic N) is 3. The summed E-state index contributed by atoms with van der Waals surface area (Å²) in [6.45, 7) is 0.658. The molecule has 0 atom stereocenters. The van der Waals surface area contributed by atoms with Gasteiger partial charge in [-0.2, -0.15) is 5.10 Å². The normalized spacial score (nSPS) is 10.2. The molecule has 0 amide bonds. The Morgan fingerprint density at radius 2 is 2.35 bits per heavy atom. The van der Waals surface area contributed by atoms with Crippen molar-refractivity contribution in [2.45, 2.75) is 6.54 Å². The molecule has 17 heavy (non-hydrogen) atoms. The summed E-state index contributed by atoms with van der Waals surface area (Å²) >= 11 is 4.98. The molecule has 0 unspecified atom stereocenters. The Bertz CT molecular complexity index is 512. The molecule has 0 spiro atoms. The molecular weight excluding hydrogens is 236 g/mol. The van der Waals surface area contributed by atoms with Gasteiger partial charge in [-0.15, -0.1) is 5.10 Å². The van der Waals surface area contributed by atoms with Crippen LogP contribution in [0.3, 0.4) is 0 Å². The van der Waals surface area contributed by atoms with Gasteiger partial charge in [0.25, 0.3) is 0 Å². The van der Waals surface area contributed by atoms with Gasteiger partial charge in [0.2, 0.25) is 0 Å². The van der Waals surface area contributed by atoms with Crippen molar-refractivity contribution < 1.29 is 4.42 Å². The minimum atomic E-state index is 0.314. The van der Waals surface area contributed by atoms with Gasteiger partial charge in [0, 0.05) is 19.2 Å². The van der Waals surface area contributed by atoms with E-state index < -0.39 is 0 Å². The molecule has 6 heteroatoms. The highest BCUT2D eigenvalue weighted by molar-refractivity contribution is 7.80. The van der Waals surface area contributed by atoms with E-state index in [9.17, 15) is 0 Å². The van der Waals surface area contributed by atoms with Crippen LogP contribution >= 0.6 is 12.2 Å². The Morgan fingerprint density at radius 1 is 1.53 bits per heavy atom. The van der Waals surface area contributed by atoms with Crippen LogP contribution in [0.15, 0.2) is 35.3 Å². The number of furan rings is 1. The first kappa shape index (κ1) is 11.5. The fourth-order valence-electron chi connectivity index (χ4n) is 1.53. The molecule has 0 bridgehead atoms. The summed E-state index contributed by atoms with van der Waals surface area (Å²) in [4.78, 5) is 2.24. The molecule has 0 aliphatic carbocycles. The molecule has 0 saturated carbocycles. The molecule has 2 N–H and O–H groups in total. The van der Waals surface area contributed by atoms with Crippen LogP contribution < -0.4 is 10.6 Å². The zero-order valence-electron chi connectivity index (χ0n) is 9.33. The first-order chi connectivity index (χ1) is 8.18. The smallest absolute Gasteiger partial charge is 0.161 e. The number of rotatable bonds is 4. The zero-order chi connectivity index (χ0) is 12.3. The third kappa shape index (κ3) is 2.59. The first-order valence-corrected chi connectivity index (χ1v) is 5.43. The van der Waals surface area contributed by atoms with E-state index in [0.717, 1.165) is 11.1 Å². The third-order valence-electron chi connectivity index (χ3n) is 2.33. The highest BCUT2D eigenvalue weighted by atomic mass is 32.1. The van der Waals surface area contributed by atoms with Crippen molar-refractivity contribution in [3.05, 3.63) is 42.0 Å². The second kappa shape index (κ2) is 4.92. The largest absolute Gasteiger partial charge is 0.472 e. The van der Waals surface area contributed by atoms with E-state index in [0.29, 0.717) is 17.4 Å². The summed E-state index contributed by atoms with van der Waals surface area (Å²) in [5, 5.41) is 7.91. The quantitative estimate of drug-likeness (QED) is 0.823. The fraction of sp³-hybridized carbons (Fsp3) is 0.182. The Balaban J connectivity index is 2.24. The number of thiocarbonyl (C=S) groups is 1. The number of aromatic nitrogens is 2. The van der Waals surface area contributed by atoms with Crippen molar-refractivity contribution in [2.75, 3.05) is 11.9 Å². The third-order valence-corrected chi connectivity index (χ3v) is 2.55. The van der Waals surface area contributed by atoms with Crippen molar-refractivity contribution in [2.24, 2.45) is 5.73 Å². The van der Waals surface area contributed by atoms with E-state index in [1.54, 1.807) is 24.8 Å². The Morgan fingerprint density at radius 3 is 3.00 bits per heavy atom. The topological polar surface area (TPSA) is 68.2 Å². The lowest BCUT2D eigenvalue weighted by Gasteiger charge is -2.18. The predicted molar refractivity (Wildman–Crippen MR) is 68.7 cm³/mol. The second-order valence-corrected chi connectivity index (χ2v) is 4.06. The van der Waals surface area contributed by atoms with E-state index >= 15 is 0 Å². The minimum absolute atomic E-state index is 0.314. The molecule has 0 aromatic carbocycles. The Labute approximate surface area is 104 Å². The van der Waals surface area contributed by atoms with E-state index in [-0.39, 0.29) is 0 Å². The van der Waals surface area contributed by atoms with Crippen LogP contribution in [0.5, 0.6) is 0 Å². The molecule has 2 heterocycles. The lowest BCUT2D eigenvalue weighted by atomic mass is 10.2. The van der Waals surface area contributed by atoms with Crippen molar-refractivity contribution >= 4 is 23.0 Å². The summed E-state index contributed by atoms with van der Waals surface area (Å²) in [6, 6.07) is 3.66. The van der Waals surface area contributed by atoms with Crippen LogP contribution in [0.2, 0.25) is 0 Å². The van der Waals surface area contributed by atoms with Crippen molar-refractivity contribution in [3.8, 4) is 0 Å². The molecule has 88 valence electrons. The number of nitrogens with two attached hydrogens (primary N) is 1. The molecule has 2 aromatic rings. The van der Waals surface area contributed by atoms with Gasteiger partial charge < -0.3 is 15.1 Å². The van der Waals surface area contributed by atoms with Crippen LogP contribution in [-0.2, 0) is 6.54 Å². The number of anilines is 1. The average Bonchev–Trinajstić information content (AvgIpc) is 2.81. The maximum Gasteiger partial charge on any atom is 0.161 e. The van der Waals surface area contributed by atoms with Crippen molar-refractivity contribution in [1.82, 2.24) is 10.2 Å². The minimum Gasteiger partial charge on any atom is -0.472 e. The zero-order valence-corrected chi connectivity index (χ0v) is 10.1. The second-order valence-electron chi connectivity index (χ2n) is 3.62. The van der Waals surface area contributed by atoms with Gasteiger partial charge in [-0.05, 0) is 12.1 Å². The summed E-state index contributed by atoms with van der Waals surface area (Å²) in [7, 11) is 1.90. The summed E-state index contributed by atoms with van der Waals surface area (Å²) < 4.78 is 5.02. The SMILES string of the molecule is CN(Cc1ccoc1)c1nnccc1C(N)=S. The standard InChI is InChI=1S/C11H12N4OS/c1-15(6-8-3-5-16-7-8)11-9(10(12)17)2-4-13-14-11/h2-5,7H,6H2,1H3,(H2,12,17). The van der Waals surface area contributed by atoms with Gasteiger partial charge in [0.15, 0.2) is 5.82 Å². The summed E-state index contributed by atoms with van der Waals surface area (Å²) in [6.07, 6.45) is 4.89. The van der Waals surface area contributed by atoms with E-state index in [1.165, 1.54) is 0 Å². The number of hydrogen-bond acceptors (Lipinski definition) is 5. The van der Waals surface area contributed by atoms with Crippen LogP contribution in [0.4, 0.5) is 5.82 Å². The van der Waals surface area contributed by atoms with Crippen LogP contribution in [0.1, 0.15) is 11.1 Å². The Kier molecular flexibility index (Phi) is 3.34. The van der Waals surface area contributed by atoms with Gasteiger partial charge in [-0.1, -0.05) is 12.2 Å². The molecule has 2 aromatic heterocycles. The molecule has 5 nitrogen and oxygen atoms in total. The molecule has 0 fully saturated rings. The summed E-state index contributed by atoms with van der Waals surface area (Å²) in [5.41, 5.74) is 7.42. The maximum atomic E-state index is 5.64. The van der Waals surface area contributed by atoms with E-state index in [4.69, 9.17) is 22.4 Å². The first-order valence-electron chi connectivity index (χ1n) is 5.02. The molecular formula is C11H12N4OS. The predicted octanol–water partition coefficient (Wildman–Crippen LogP) is 1.34. The van der Waals surface area contributed by atoms with Crippen molar-refractivity contribution in [1.29, 1.82) is 0 Å². The van der Waals surface area contributed by atoms with Crippen LogP contribution in [-0.4, -0.2) is 22.2 Å². The highest BCUT2D eigenvalue weighted by Gasteiger charge is 2.12. The molecule has 0 aliphatic rings. The fourth-order valence-corrected chi connectivity index (χ4v) is 1.69. The van der Waals surface area contributed by atoms with Gasteiger partial charge in [0.05, 0.1) is 24.3 Å². The highest BCUT2D eigenvalue weighted by Crippen LogP contribution is 2.17. The molecule has 0 radical (unpaired) electrons. The van der Waals surface area contributed by atoms with Gasteiger partial charge in [0.1, 0.15) is 4.99 Å². The maximum absolute atomic E-state index is 5.64.